The first kappa shape index (κ1) is 28.4. The van der Waals surface area contributed by atoms with E-state index in [1.165, 1.54) is 0 Å². The third-order valence-electron chi connectivity index (χ3n) is 8.84. The molecule has 0 radical (unpaired) electrons. The summed E-state index contributed by atoms with van der Waals surface area (Å²) in [5.41, 5.74) is 2.76. The highest BCUT2D eigenvalue weighted by Gasteiger charge is 2.76. The van der Waals surface area contributed by atoms with E-state index in [4.69, 9.17) is 0 Å². The third kappa shape index (κ3) is 4.11. The fourth-order valence-corrected chi connectivity index (χ4v) is 9.56. The number of aliphatic hydroxyl groups excluding tert-OH is 1. The number of carbonyl (C=O) groups is 3. The fourth-order valence-electron chi connectivity index (χ4n) is 7.17. The number of benzene rings is 1. The lowest BCUT2D eigenvalue weighted by Crippen LogP contribution is -2.59. The van der Waals surface area contributed by atoms with Crippen LogP contribution in [0.3, 0.4) is 0 Å². The molecule has 0 aliphatic carbocycles. The number of rotatable bonds is 10. The van der Waals surface area contributed by atoms with Crippen molar-refractivity contribution in [3.8, 4) is 0 Å². The maximum atomic E-state index is 14.8. The van der Waals surface area contributed by atoms with Crippen molar-refractivity contribution in [3.05, 3.63) is 54.6 Å². The fraction of sp³-hybridized carbons (Fsp3) is 0.567. The number of hydrogen-bond donors (Lipinski definition) is 1. The van der Waals surface area contributed by atoms with Gasteiger partial charge in [0.05, 0.1) is 29.2 Å². The number of fused-ring (bicyclic) bond motifs is 1. The van der Waals surface area contributed by atoms with E-state index in [1.54, 1.807) is 45.7 Å². The second-order valence-electron chi connectivity index (χ2n) is 11.0. The first-order chi connectivity index (χ1) is 18.1. The van der Waals surface area contributed by atoms with Gasteiger partial charge in [-0.1, -0.05) is 44.2 Å². The molecule has 3 unspecified atom stereocenters. The summed E-state index contributed by atoms with van der Waals surface area (Å²) < 4.78 is -0.743. The number of thioether (sulfide) groups is 1. The average molecular weight is 540 g/mol. The Bertz CT molecular complexity index is 1110. The van der Waals surface area contributed by atoms with E-state index in [9.17, 15) is 19.5 Å². The molecule has 7 nitrogen and oxygen atoms in total. The molecule has 2 bridgehead atoms. The molecule has 1 N–H and O–H groups in total. The molecule has 1 spiro atoms. The Hall–Kier alpha value is -2.58. The summed E-state index contributed by atoms with van der Waals surface area (Å²) in [5, 5.41) is 10.3. The predicted octanol–water partition coefficient (Wildman–Crippen LogP) is 3.57. The van der Waals surface area contributed by atoms with Crippen LogP contribution < -0.4 is 4.90 Å². The number of anilines is 1. The molecule has 3 saturated heterocycles. The topological polar surface area (TPSA) is 81.2 Å². The number of aryl methyl sites for hydroxylation is 2. The molecule has 0 aromatic heterocycles. The van der Waals surface area contributed by atoms with Gasteiger partial charge in [0, 0.05) is 31.1 Å². The van der Waals surface area contributed by atoms with Gasteiger partial charge in [0.25, 0.3) is 5.91 Å². The number of amides is 3. The standard InChI is InChI=1S/C30H41N3O4S/c1-8-14-31(7)27(35)23-22-16-20(6)30(38-22)24(23)28(36)33(21(10-3)17-34)26(30)29(37)32(15-9-2)25-18(4)12-11-13-19(25)5/h8-9,11-13,20-24,26,34H,1-2,10,14-17H2,3-7H3/t20?,21-,22-,23+,24-,26?,30?/m0/s1. The predicted molar refractivity (Wildman–Crippen MR) is 153 cm³/mol. The summed E-state index contributed by atoms with van der Waals surface area (Å²) in [6.45, 7) is 16.1. The molecule has 0 saturated carbocycles. The monoisotopic (exact) mass is 539 g/mol. The maximum Gasteiger partial charge on any atom is 0.251 e. The van der Waals surface area contributed by atoms with Crippen molar-refractivity contribution >= 4 is 35.2 Å². The quantitative estimate of drug-likeness (QED) is 0.460. The third-order valence-corrected chi connectivity index (χ3v) is 10.9. The van der Waals surface area contributed by atoms with Crippen molar-refractivity contribution in [2.24, 2.45) is 17.8 Å². The molecule has 3 amide bonds. The molecule has 3 aliphatic rings. The minimum Gasteiger partial charge on any atom is -0.394 e. The van der Waals surface area contributed by atoms with Crippen molar-refractivity contribution in [2.45, 2.75) is 62.6 Å². The first-order valence-corrected chi connectivity index (χ1v) is 14.4. The van der Waals surface area contributed by atoms with Gasteiger partial charge in [-0.25, -0.2) is 0 Å². The molecule has 3 aliphatic heterocycles. The SMILES string of the molecule is C=CCN(C)C(=O)[C@@H]1[C@@H]2CC(C)C3(S2)C(C(=O)N(CC=C)c2c(C)cccc2C)N([C@@H](CC)CO)C(=O)[C@H]13. The minimum atomic E-state index is -0.788. The Morgan fingerprint density at radius 1 is 1.21 bits per heavy atom. The second kappa shape index (κ2) is 10.9. The van der Waals surface area contributed by atoms with Gasteiger partial charge in [0.1, 0.15) is 6.04 Å². The lowest BCUT2D eigenvalue weighted by molar-refractivity contribution is -0.145. The smallest absolute Gasteiger partial charge is 0.251 e. The Morgan fingerprint density at radius 2 is 1.84 bits per heavy atom. The van der Waals surface area contributed by atoms with Crippen LogP contribution in [0.25, 0.3) is 0 Å². The molecule has 1 aromatic carbocycles. The Balaban J connectivity index is 1.88. The minimum absolute atomic E-state index is 0.0292. The first-order valence-electron chi connectivity index (χ1n) is 13.6. The van der Waals surface area contributed by atoms with Crippen LogP contribution in [0.2, 0.25) is 0 Å². The Morgan fingerprint density at radius 3 is 2.39 bits per heavy atom. The van der Waals surface area contributed by atoms with Crippen molar-refractivity contribution in [2.75, 3.05) is 31.6 Å². The molecule has 206 valence electrons. The van der Waals surface area contributed by atoms with Crippen LogP contribution in [0.4, 0.5) is 5.69 Å². The average Bonchev–Trinajstić information content (AvgIpc) is 3.47. The second-order valence-corrected chi connectivity index (χ2v) is 12.6. The van der Waals surface area contributed by atoms with Gasteiger partial charge in [0.15, 0.2) is 0 Å². The highest BCUT2D eigenvalue weighted by Crippen LogP contribution is 2.69. The van der Waals surface area contributed by atoms with Crippen LogP contribution >= 0.6 is 11.8 Å². The van der Waals surface area contributed by atoms with Crippen molar-refractivity contribution in [1.82, 2.24) is 9.80 Å². The van der Waals surface area contributed by atoms with Crippen LogP contribution in [0, 0.1) is 31.6 Å². The van der Waals surface area contributed by atoms with Crippen LogP contribution in [0.5, 0.6) is 0 Å². The lowest BCUT2D eigenvalue weighted by atomic mass is 9.65. The zero-order chi connectivity index (χ0) is 27.9. The molecule has 7 atom stereocenters. The number of likely N-dealkylation sites (tertiary alicyclic amines) is 1. The van der Waals surface area contributed by atoms with Gasteiger partial charge in [-0.05, 0) is 43.7 Å². The zero-order valence-electron chi connectivity index (χ0n) is 23.2. The maximum absolute atomic E-state index is 14.8. The van der Waals surface area contributed by atoms with E-state index in [-0.39, 0.29) is 35.5 Å². The molecule has 4 rings (SSSR count). The van der Waals surface area contributed by atoms with E-state index >= 15 is 0 Å². The van der Waals surface area contributed by atoms with Crippen molar-refractivity contribution in [3.63, 3.8) is 0 Å². The summed E-state index contributed by atoms with van der Waals surface area (Å²) >= 11 is 1.66. The van der Waals surface area contributed by atoms with Crippen molar-refractivity contribution < 1.29 is 19.5 Å². The van der Waals surface area contributed by atoms with E-state index in [0.29, 0.717) is 19.5 Å². The number of likely N-dealkylation sites (N-methyl/N-ethyl adjacent to an activating group) is 1. The molecular weight excluding hydrogens is 498 g/mol. The van der Waals surface area contributed by atoms with Crippen LogP contribution in [0.1, 0.15) is 37.8 Å². The molecule has 1 aromatic rings. The number of carbonyl (C=O) groups excluding carboxylic acids is 3. The summed E-state index contributed by atoms with van der Waals surface area (Å²) in [6.07, 6.45) is 4.67. The van der Waals surface area contributed by atoms with Crippen LogP contribution in [0.15, 0.2) is 43.5 Å². The number of hydrogen-bond acceptors (Lipinski definition) is 5. The van der Waals surface area contributed by atoms with Crippen LogP contribution in [-0.4, -0.2) is 81.5 Å². The van der Waals surface area contributed by atoms with Gasteiger partial charge < -0.3 is 19.8 Å². The van der Waals surface area contributed by atoms with E-state index < -0.39 is 28.7 Å². The van der Waals surface area contributed by atoms with Crippen molar-refractivity contribution in [1.29, 1.82) is 0 Å². The normalized spacial score (nSPS) is 30.2. The van der Waals surface area contributed by atoms with Crippen LogP contribution in [-0.2, 0) is 14.4 Å². The largest absolute Gasteiger partial charge is 0.394 e. The summed E-state index contributed by atoms with van der Waals surface area (Å²) in [4.78, 5) is 47.9. The Kier molecular flexibility index (Phi) is 8.15. The molecule has 3 fully saturated rings. The summed E-state index contributed by atoms with van der Waals surface area (Å²) in [6, 6.07) is 4.64. The Labute approximate surface area is 230 Å². The molecule has 8 heteroatoms. The number of aliphatic hydroxyl groups is 1. The molecular formula is C30H41N3O4S. The van der Waals surface area contributed by atoms with E-state index in [1.807, 2.05) is 39.0 Å². The van der Waals surface area contributed by atoms with E-state index in [0.717, 1.165) is 23.2 Å². The highest BCUT2D eigenvalue weighted by molar-refractivity contribution is 8.02. The number of para-hydroxylation sites is 1. The van der Waals surface area contributed by atoms with Gasteiger partial charge >= 0.3 is 0 Å². The highest BCUT2D eigenvalue weighted by atomic mass is 32.2. The van der Waals surface area contributed by atoms with Gasteiger partial charge in [0.2, 0.25) is 11.8 Å². The summed E-state index contributed by atoms with van der Waals surface area (Å²) in [5.74, 6) is -1.48. The van der Waals surface area contributed by atoms with E-state index in [2.05, 4.69) is 20.1 Å². The number of nitrogens with zero attached hydrogens (tertiary/aromatic N) is 3. The summed E-state index contributed by atoms with van der Waals surface area (Å²) in [7, 11) is 1.74. The zero-order valence-corrected chi connectivity index (χ0v) is 24.0. The van der Waals surface area contributed by atoms with Gasteiger partial charge in [-0.3, -0.25) is 14.4 Å². The van der Waals surface area contributed by atoms with Gasteiger partial charge in [-0.15, -0.1) is 24.9 Å². The molecule has 3 heterocycles. The lowest BCUT2D eigenvalue weighted by Gasteiger charge is -2.42. The molecule has 38 heavy (non-hydrogen) atoms. The van der Waals surface area contributed by atoms with Gasteiger partial charge in [-0.2, -0.15) is 0 Å².